The van der Waals surface area contributed by atoms with E-state index in [2.05, 4.69) is 10.1 Å². The first kappa shape index (κ1) is 10.9. The lowest BCUT2D eigenvalue weighted by Gasteiger charge is -2.13. The zero-order valence-electron chi connectivity index (χ0n) is 6.96. The van der Waals surface area contributed by atoms with E-state index in [-0.39, 0.29) is 6.61 Å². The number of nitrogens with one attached hydrogen (secondary N) is 2. The summed E-state index contributed by atoms with van der Waals surface area (Å²) in [6, 6.07) is 0. The van der Waals surface area contributed by atoms with Gasteiger partial charge in [-0.1, -0.05) is 0 Å². The highest BCUT2D eigenvalue weighted by Crippen LogP contribution is 1.84. The molecule has 0 aromatic heterocycles. The number of carbonyl (C=O) groups excluding carboxylic acids is 2. The van der Waals surface area contributed by atoms with E-state index >= 15 is 0 Å². The second-order valence-corrected chi connectivity index (χ2v) is 2.01. The number of hydrogen-bond donors (Lipinski definition) is 3. The number of ether oxygens (including phenoxy) is 1. The zero-order valence-corrected chi connectivity index (χ0v) is 6.96. The average molecular weight is 176 g/mol. The minimum Gasteiger partial charge on any atom is -0.463 e. The lowest BCUT2D eigenvalue weighted by atomic mass is 10.5. The highest BCUT2D eigenvalue weighted by Gasteiger charge is 2.18. The van der Waals surface area contributed by atoms with Gasteiger partial charge in [0, 0.05) is 6.92 Å². The van der Waals surface area contributed by atoms with Crippen LogP contribution in [0.25, 0.3) is 0 Å². The molecule has 0 aliphatic heterocycles. The van der Waals surface area contributed by atoms with Gasteiger partial charge in [-0.25, -0.2) is 4.79 Å². The summed E-state index contributed by atoms with van der Waals surface area (Å²) < 4.78 is 4.52. The molecular formula is C6H12N2O4. The second-order valence-electron chi connectivity index (χ2n) is 2.01. The highest BCUT2D eigenvalue weighted by molar-refractivity contribution is 5.82. The van der Waals surface area contributed by atoms with Crippen LogP contribution in [0.3, 0.4) is 0 Å². The van der Waals surface area contributed by atoms with Gasteiger partial charge in [-0.2, -0.15) is 5.48 Å². The topological polar surface area (TPSA) is 87.7 Å². The molecular weight excluding hydrogens is 164 g/mol. The van der Waals surface area contributed by atoms with E-state index in [1.165, 1.54) is 6.92 Å². The van der Waals surface area contributed by atoms with Crippen LogP contribution in [0.1, 0.15) is 13.8 Å². The van der Waals surface area contributed by atoms with Crippen molar-refractivity contribution in [2.24, 2.45) is 0 Å². The summed E-state index contributed by atoms with van der Waals surface area (Å²) in [5, 5.41) is 10.5. The monoisotopic (exact) mass is 176 g/mol. The van der Waals surface area contributed by atoms with Gasteiger partial charge >= 0.3 is 5.97 Å². The molecule has 1 amide bonds. The molecule has 0 fully saturated rings. The fourth-order valence-electron chi connectivity index (χ4n) is 0.573. The van der Waals surface area contributed by atoms with Crippen LogP contribution >= 0.6 is 0 Å². The molecule has 0 aromatic carbocycles. The third-order valence-corrected chi connectivity index (χ3v) is 0.999. The Morgan fingerprint density at radius 1 is 1.58 bits per heavy atom. The summed E-state index contributed by atoms with van der Waals surface area (Å²) in [7, 11) is 0. The van der Waals surface area contributed by atoms with Crippen molar-refractivity contribution in [2.45, 2.75) is 20.0 Å². The van der Waals surface area contributed by atoms with E-state index < -0.39 is 18.0 Å². The Morgan fingerprint density at radius 2 is 2.17 bits per heavy atom. The van der Waals surface area contributed by atoms with Crippen molar-refractivity contribution in [1.29, 1.82) is 0 Å². The van der Waals surface area contributed by atoms with Gasteiger partial charge in [-0.05, 0) is 6.92 Å². The molecule has 12 heavy (non-hydrogen) atoms. The van der Waals surface area contributed by atoms with Crippen molar-refractivity contribution in [2.75, 3.05) is 6.61 Å². The van der Waals surface area contributed by atoms with E-state index in [1.807, 2.05) is 0 Å². The molecule has 6 nitrogen and oxygen atoms in total. The van der Waals surface area contributed by atoms with Crippen LogP contribution in [0, 0.1) is 0 Å². The lowest BCUT2D eigenvalue weighted by Crippen LogP contribution is -2.49. The number of esters is 1. The van der Waals surface area contributed by atoms with Crippen LogP contribution in [0.5, 0.6) is 0 Å². The number of amides is 1. The average Bonchev–Trinajstić information content (AvgIpc) is 2.00. The molecule has 6 heteroatoms. The summed E-state index contributed by atoms with van der Waals surface area (Å²) >= 11 is 0. The maximum atomic E-state index is 10.9. The predicted molar refractivity (Wildman–Crippen MR) is 39.2 cm³/mol. The quantitative estimate of drug-likeness (QED) is 0.290. The molecule has 0 aliphatic rings. The fourth-order valence-corrected chi connectivity index (χ4v) is 0.573. The molecule has 70 valence electrons. The molecule has 3 N–H and O–H groups in total. The number of rotatable bonds is 4. The van der Waals surface area contributed by atoms with Crippen LogP contribution in [-0.4, -0.2) is 29.9 Å². The molecule has 0 heterocycles. The normalized spacial score (nSPS) is 11.9. The van der Waals surface area contributed by atoms with Gasteiger partial charge in [-0.15, -0.1) is 0 Å². The zero-order chi connectivity index (χ0) is 9.56. The second kappa shape index (κ2) is 5.50. The fraction of sp³-hybridized carbons (Fsp3) is 0.667. The standard InChI is InChI=1S/C6H12N2O4/c1-3-12-6(10)5(8-11)7-4(2)9/h5,8,11H,3H2,1-2H3,(H,7,9). The Labute approximate surface area is 69.8 Å². The first-order chi connectivity index (χ1) is 5.61. The van der Waals surface area contributed by atoms with Gasteiger partial charge in [0.05, 0.1) is 6.61 Å². The first-order valence-electron chi connectivity index (χ1n) is 3.45. The highest BCUT2D eigenvalue weighted by atomic mass is 16.5. The summed E-state index contributed by atoms with van der Waals surface area (Å²) in [5.41, 5.74) is 1.61. The SMILES string of the molecule is CCOC(=O)C(NO)NC(C)=O. The lowest BCUT2D eigenvalue weighted by molar-refractivity contribution is -0.151. The summed E-state index contributed by atoms with van der Waals surface area (Å²) in [6.45, 7) is 3.04. The number of carbonyl (C=O) groups is 2. The first-order valence-corrected chi connectivity index (χ1v) is 3.45. The van der Waals surface area contributed by atoms with Gasteiger partial charge in [-0.3, -0.25) is 4.79 Å². The maximum Gasteiger partial charge on any atom is 0.345 e. The Kier molecular flexibility index (Phi) is 4.98. The van der Waals surface area contributed by atoms with Crippen molar-refractivity contribution >= 4 is 11.9 Å². The summed E-state index contributed by atoms with van der Waals surface area (Å²) in [6.07, 6.45) is -1.19. The summed E-state index contributed by atoms with van der Waals surface area (Å²) in [4.78, 5) is 21.3. The van der Waals surface area contributed by atoms with Crippen LogP contribution in [0.15, 0.2) is 0 Å². The largest absolute Gasteiger partial charge is 0.463 e. The van der Waals surface area contributed by atoms with Crippen LogP contribution < -0.4 is 10.8 Å². The molecule has 1 unspecified atom stereocenters. The molecule has 0 saturated carbocycles. The Hall–Kier alpha value is -1.14. The van der Waals surface area contributed by atoms with Gasteiger partial charge in [0.1, 0.15) is 0 Å². The van der Waals surface area contributed by atoms with Crippen LogP contribution in [0.4, 0.5) is 0 Å². The van der Waals surface area contributed by atoms with Crippen molar-refractivity contribution in [3.63, 3.8) is 0 Å². The molecule has 0 saturated heterocycles. The minimum absolute atomic E-state index is 0.191. The number of hydrogen-bond acceptors (Lipinski definition) is 5. The van der Waals surface area contributed by atoms with Crippen molar-refractivity contribution in [3.05, 3.63) is 0 Å². The van der Waals surface area contributed by atoms with E-state index in [1.54, 1.807) is 12.4 Å². The Morgan fingerprint density at radius 3 is 2.50 bits per heavy atom. The molecule has 0 aromatic rings. The third-order valence-electron chi connectivity index (χ3n) is 0.999. The van der Waals surface area contributed by atoms with E-state index in [0.29, 0.717) is 0 Å². The van der Waals surface area contributed by atoms with Gasteiger partial charge in [0.2, 0.25) is 12.1 Å². The van der Waals surface area contributed by atoms with Crippen LogP contribution in [0.2, 0.25) is 0 Å². The van der Waals surface area contributed by atoms with Crippen LogP contribution in [-0.2, 0) is 14.3 Å². The van der Waals surface area contributed by atoms with Crippen molar-refractivity contribution in [1.82, 2.24) is 10.8 Å². The molecule has 0 spiro atoms. The maximum absolute atomic E-state index is 10.9. The minimum atomic E-state index is -1.19. The molecule has 0 aliphatic carbocycles. The van der Waals surface area contributed by atoms with Crippen molar-refractivity contribution < 1.29 is 19.5 Å². The Balaban J connectivity index is 3.96. The van der Waals surface area contributed by atoms with E-state index in [9.17, 15) is 9.59 Å². The van der Waals surface area contributed by atoms with E-state index in [4.69, 9.17) is 5.21 Å². The van der Waals surface area contributed by atoms with Crippen molar-refractivity contribution in [3.8, 4) is 0 Å². The van der Waals surface area contributed by atoms with E-state index in [0.717, 1.165) is 0 Å². The summed E-state index contributed by atoms with van der Waals surface area (Å²) in [5.74, 6) is -1.16. The van der Waals surface area contributed by atoms with Gasteiger partial charge in [0.15, 0.2) is 0 Å². The molecule has 0 rings (SSSR count). The van der Waals surface area contributed by atoms with Gasteiger partial charge in [0.25, 0.3) is 0 Å². The Bertz CT molecular complexity index is 171. The molecule has 0 radical (unpaired) electrons. The molecule has 0 bridgehead atoms. The molecule has 1 atom stereocenters. The predicted octanol–water partition coefficient (Wildman–Crippen LogP) is -1.01. The number of hydroxylamine groups is 1. The smallest absolute Gasteiger partial charge is 0.345 e. The third kappa shape index (κ3) is 3.89. The van der Waals surface area contributed by atoms with Gasteiger partial charge < -0.3 is 15.3 Å².